The Morgan fingerprint density at radius 3 is 2.50 bits per heavy atom. The fourth-order valence-corrected chi connectivity index (χ4v) is 4.51. The van der Waals surface area contributed by atoms with Gasteiger partial charge in [-0.1, -0.05) is 51.1 Å². The Hall–Kier alpha value is -2.81. The summed E-state index contributed by atoms with van der Waals surface area (Å²) in [6, 6.07) is 16.2. The van der Waals surface area contributed by atoms with Gasteiger partial charge in [0.25, 0.3) is 0 Å². The normalized spacial score (nSPS) is 17.9. The predicted octanol–water partition coefficient (Wildman–Crippen LogP) is 6.27. The van der Waals surface area contributed by atoms with E-state index in [-0.39, 0.29) is 17.1 Å². The fourth-order valence-electron chi connectivity index (χ4n) is 4.51. The highest BCUT2D eigenvalue weighted by molar-refractivity contribution is 6.10. The van der Waals surface area contributed by atoms with Gasteiger partial charge in [0.05, 0.1) is 0 Å². The molecule has 28 heavy (non-hydrogen) atoms. The number of furan rings is 1. The fraction of sp³-hybridized carbons (Fsp3) is 0.320. The average Bonchev–Trinajstić information content (AvgIpc) is 3.06. The van der Waals surface area contributed by atoms with E-state index in [1.807, 2.05) is 43.3 Å². The molecule has 2 N–H and O–H groups in total. The third kappa shape index (κ3) is 3.15. The van der Waals surface area contributed by atoms with Crippen molar-refractivity contribution in [3.05, 3.63) is 71.2 Å². The first-order valence-electron chi connectivity index (χ1n) is 9.87. The lowest BCUT2D eigenvalue weighted by Crippen LogP contribution is -2.27. The molecule has 144 valence electrons. The van der Waals surface area contributed by atoms with E-state index < -0.39 is 0 Å². The van der Waals surface area contributed by atoms with Crippen molar-refractivity contribution in [3.63, 3.8) is 0 Å². The van der Waals surface area contributed by atoms with Gasteiger partial charge in [-0.3, -0.25) is 4.79 Å². The Bertz CT molecular complexity index is 1100. The monoisotopic (exact) mass is 373 g/mol. The van der Waals surface area contributed by atoms with Crippen LogP contribution in [0.25, 0.3) is 16.3 Å². The van der Waals surface area contributed by atoms with Crippen LogP contribution in [0.2, 0.25) is 0 Å². The lowest BCUT2D eigenvalue weighted by molar-refractivity contribution is -0.118. The summed E-state index contributed by atoms with van der Waals surface area (Å²) in [7, 11) is 0. The molecule has 1 heterocycles. The van der Waals surface area contributed by atoms with Gasteiger partial charge in [-0.05, 0) is 53.3 Å². The van der Waals surface area contributed by atoms with E-state index in [4.69, 9.17) is 10.2 Å². The van der Waals surface area contributed by atoms with Gasteiger partial charge < -0.3 is 10.2 Å². The summed E-state index contributed by atoms with van der Waals surface area (Å²) in [5, 5.41) is 2.24. The number of Topliss-reactive ketones (excluding diaryl/α,β-unsaturated/α-hetero) is 1. The molecule has 1 aliphatic rings. The maximum Gasteiger partial charge on any atom is 0.160 e. The van der Waals surface area contributed by atoms with E-state index in [0.29, 0.717) is 6.42 Å². The van der Waals surface area contributed by atoms with Crippen molar-refractivity contribution in [2.45, 2.75) is 46.5 Å². The average molecular weight is 373 g/mol. The number of benzene rings is 2. The molecule has 0 bridgehead atoms. The molecule has 3 nitrogen and oxygen atoms in total. The van der Waals surface area contributed by atoms with Crippen LogP contribution in [-0.4, -0.2) is 5.78 Å². The maximum atomic E-state index is 13.3. The summed E-state index contributed by atoms with van der Waals surface area (Å²) in [6.07, 6.45) is 1.36. The Morgan fingerprint density at radius 2 is 1.79 bits per heavy atom. The predicted molar refractivity (Wildman–Crippen MR) is 115 cm³/mol. The summed E-state index contributed by atoms with van der Waals surface area (Å²) >= 11 is 0. The zero-order valence-corrected chi connectivity index (χ0v) is 17.0. The molecule has 3 heteroatoms. The Morgan fingerprint density at radius 1 is 1.04 bits per heavy atom. The summed E-state index contributed by atoms with van der Waals surface area (Å²) in [5.41, 5.74) is 10.0. The first-order chi connectivity index (χ1) is 13.3. The van der Waals surface area contributed by atoms with Crippen LogP contribution in [0.3, 0.4) is 0 Å². The van der Waals surface area contributed by atoms with Gasteiger partial charge in [-0.25, -0.2) is 0 Å². The van der Waals surface area contributed by atoms with Crippen molar-refractivity contribution in [2.24, 2.45) is 5.41 Å². The van der Waals surface area contributed by atoms with Crippen LogP contribution in [0.4, 0.5) is 5.69 Å². The lowest BCUT2D eigenvalue weighted by atomic mass is 9.68. The number of allylic oxidation sites excluding steroid dienone is 2. The van der Waals surface area contributed by atoms with Gasteiger partial charge in [-0.15, -0.1) is 0 Å². The van der Waals surface area contributed by atoms with Crippen molar-refractivity contribution in [3.8, 4) is 0 Å². The molecule has 1 atom stereocenters. The molecule has 0 saturated carbocycles. The molecule has 0 spiro atoms. The second kappa shape index (κ2) is 6.66. The molecule has 1 aromatic heterocycles. The third-order valence-electron chi connectivity index (χ3n) is 5.80. The highest BCUT2D eigenvalue weighted by Gasteiger charge is 2.37. The summed E-state index contributed by atoms with van der Waals surface area (Å²) in [6.45, 7) is 8.31. The van der Waals surface area contributed by atoms with Gasteiger partial charge in [0.1, 0.15) is 11.5 Å². The summed E-state index contributed by atoms with van der Waals surface area (Å²) < 4.78 is 5.88. The number of rotatable bonds is 3. The van der Waals surface area contributed by atoms with E-state index in [0.717, 1.165) is 51.1 Å². The summed E-state index contributed by atoms with van der Waals surface area (Å²) in [4.78, 5) is 13.3. The van der Waals surface area contributed by atoms with E-state index in [2.05, 4.69) is 32.9 Å². The number of hydrogen-bond donors (Lipinski definition) is 1. The molecule has 3 aromatic rings. The number of carbonyl (C=O) groups is 1. The first-order valence-corrected chi connectivity index (χ1v) is 9.87. The first kappa shape index (κ1) is 18.5. The number of ketones is 1. The van der Waals surface area contributed by atoms with E-state index >= 15 is 0 Å². The van der Waals surface area contributed by atoms with Crippen LogP contribution >= 0.6 is 0 Å². The second-order valence-corrected chi connectivity index (χ2v) is 8.75. The number of aryl methyl sites for hydroxylation is 1. The van der Waals surface area contributed by atoms with Crippen LogP contribution < -0.4 is 5.73 Å². The summed E-state index contributed by atoms with van der Waals surface area (Å²) in [5.74, 6) is 1.78. The van der Waals surface area contributed by atoms with Crippen molar-refractivity contribution in [2.75, 3.05) is 5.73 Å². The van der Waals surface area contributed by atoms with Crippen LogP contribution in [0.5, 0.6) is 0 Å². The molecule has 0 amide bonds. The van der Waals surface area contributed by atoms with Gasteiger partial charge in [-0.2, -0.15) is 0 Å². The molecule has 0 aliphatic heterocycles. The Kier molecular flexibility index (Phi) is 4.41. The molecule has 0 fully saturated rings. The number of fused-ring (bicyclic) bond motifs is 1. The highest BCUT2D eigenvalue weighted by Crippen LogP contribution is 2.48. The van der Waals surface area contributed by atoms with Crippen LogP contribution in [0.15, 0.2) is 58.5 Å². The molecular weight excluding hydrogens is 346 g/mol. The Labute approximate surface area is 166 Å². The molecule has 0 radical (unpaired) electrons. The molecule has 2 aromatic carbocycles. The van der Waals surface area contributed by atoms with Crippen LogP contribution in [-0.2, 0) is 4.79 Å². The van der Waals surface area contributed by atoms with E-state index in [1.165, 1.54) is 0 Å². The van der Waals surface area contributed by atoms with Crippen molar-refractivity contribution < 1.29 is 9.21 Å². The number of nitrogen functional groups attached to an aromatic ring is 1. The van der Waals surface area contributed by atoms with Crippen molar-refractivity contribution >= 4 is 27.8 Å². The van der Waals surface area contributed by atoms with Crippen LogP contribution in [0, 0.1) is 12.3 Å². The van der Waals surface area contributed by atoms with Gasteiger partial charge in [0.2, 0.25) is 0 Å². The lowest BCUT2D eigenvalue weighted by Gasteiger charge is -2.35. The number of carbonyl (C=O) groups excluding carboxylic acids is 1. The largest absolute Gasteiger partial charge is 0.466 e. The minimum atomic E-state index is -0.106. The number of anilines is 1. The SMILES string of the molecule is Cc1ccc([C@@H](C)C2=C(c3c(N)ccc4ccccc34)CC(C)(C)CC2=O)o1. The third-order valence-corrected chi connectivity index (χ3v) is 5.80. The maximum absolute atomic E-state index is 13.3. The smallest absolute Gasteiger partial charge is 0.160 e. The Balaban J connectivity index is 2.01. The van der Waals surface area contributed by atoms with Crippen molar-refractivity contribution in [1.29, 1.82) is 0 Å². The quantitative estimate of drug-likeness (QED) is 0.550. The van der Waals surface area contributed by atoms with E-state index in [9.17, 15) is 4.79 Å². The number of nitrogens with two attached hydrogens (primary N) is 1. The zero-order chi connectivity index (χ0) is 20.1. The standard InChI is InChI=1S/C25H27NO2/c1-15-9-12-22(28-15)16(2)23-19(13-25(3,4)14-21(23)27)24-18-8-6-5-7-17(18)10-11-20(24)26/h5-12,16H,13-14,26H2,1-4H3/t16-/m1/s1. The molecule has 1 aliphatic carbocycles. The van der Waals surface area contributed by atoms with Gasteiger partial charge in [0.15, 0.2) is 5.78 Å². The molecule has 4 rings (SSSR count). The highest BCUT2D eigenvalue weighted by atomic mass is 16.3. The second-order valence-electron chi connectivity index (χ2n) is 8.75. The zero-order valence-electron chi connectivity index (χ0n) is 17.0. The molecule has 0 unspecified atom stereocenters. The van der Waals surface area contributed by atoms with Gasteiger partial charge in [0, 0.05) is 29.2 Å². The molecule has 0 saturated heterocycles. The number of hydrogen-bond acceptors (Lipinski definition) is 3. The minimum Gasteiger partial charge on any atom is -0.466 e. The minimum absolute atomic E-state index is 0.0991. The topological polar surface area (TPSA) is 56.2 Å². The van der Waals surface area contributed by atoms with E-state index in [1.54, 1.807) is 0 Å². The molecular formula is C25H27NO2. The van der Waals surface area contributed by atoms with Crippen LogP contribution in [0.1, 0.15) is 56.6 Å². The van der Waals surface area contributed by atoms with Gasteiger partial charge >= 0.3 is 0 Å². The van der Waals surface area contributed by atoms with Crippen molar-refractivity contribution in [1.82, 2.24) is 0 Å².